The summed E-state index contributed by atoms with van der Waals surface area (Å²) < 4.78 is 8.32. The molecular weight excluding hydrogens is 300 g/mol. The third kappa shape index (κ3) is 1.78. The van der Waals surface area contributed by atoms with E-state index in [0.717, 1.165) is 15.8 Å². The summed E-state index contributed by atoms with van der Waals surface area (Å²) in [5, 5.41) is 8.99. The summed E-state index contributed by atoms with van der Waals surface area (Å²) in [6, 6.07) is 5.62. The van der Waals surface area contributed by atoms with Gasteiger partial charge in [-0.15, -0.1) is 0 Å². The first-order valence-electron chi connectivity index (χ1n) is 5.38. The number of nitrogens with zero attached hydrogens (tertiary/aromatic N) is 2. The lowest BCUT2D eigenvalue weighted by Gasteiger charge is -2.05. The number of ether oxygens (including phenoxy) is 1. The van der Waals surface area contributed by atoms with Crippen molar-refractivity contribution in [1.82, 2.24) is 9.55 Å². The molecule has 0 bridgehead atoms. The number of carboxylic acids is 1. The molecule has 18 heavy (non-hydrogen) atoms. The molecule has 3 rings (SSSR count). The van der Waals surface area contributed by atoms with Crippen LogP contribution >= 0.6 is 15.9 Å². The zero-order valence-electron chi connectivity index (χ0n) is 9.26. The number of carbonyl (C=O) groups is 1. The maximum Gasteiger partial charge on any atom is 0.356 e. The van der Waals surface area contributed by atoms with Crippen LogP contribution in [-0.4, -0.2) is 27.2 Å². The molecule has 1 N–H and O–H groups in total. The minimum Gasteiger partial charge on any atom is -0.491 e. The average molecular weight is 309 g/mol. The van der Waals surface area contributed by atoms with E-state index in [1.165, 1.54) is 6.20 Å². The number of rotatable bonds is 1. The Kier molecular flexibility index (Phi) is 2.59. The molecule has 0 spiro atoms. The second-order valence-corrected chi connectivity index (χ2v) is 4.85. The van der Waals surface area contributed by atoms with E-state index in [-0.39, 0.29) is 5.69 Å². The van der Waals surface area contributed by atoms with E-state index in [4.69, 9.17) is 9.84 Å². The summed E-state index contributed by atoms with van der Waals surface area (Å²) in [7, 11) is 0. The Morgan fingerprint density at radius 2 is 2.33 bits per heavy atom. The number of aromatic nitrogens is 2. The lowest BCUT2D eigenvalue weighted by atomic mass is 10.2. The first-order valence-corrected chi connectivity index (χ1v) is 6.17. The van der Waals surface area contributed by atoms with Gasteiger partial charge in [0, 0.05) is 10.7 Å². The number of hydrogen-bond donors (Lipinski definition) is 1. The van der Waals surface area contributed by atoms with Crippen molar-refractivity contribution >= 4 is 21.9 Å². The van der Waals surface area contributed by atoms with Gasteiger partial charge in [0.25, 0.3) is 0 Å². The Hall–Kier alpha value is -1.82. The smallest absolute Gasteiger partial charge is 0.356 e. The second kappa shape index (κ2) is 4.13. The van der Waals surface area contributed by atoms with Gasteiger partial charge >= 0.3 is 5.97 Å². The van der Waals surface area contributed by atoms with Crippen LogP contribution in [0.5, 0.6) is 5.75 Å². The molecule has 0 saturated heterocycles. The minimum absolute atomic E-state index is 0.0535. The molecule has 2 heterocycles. The first kappa shape index (κ1) is 11.3. The van der Waals surface area contributed by atoms with Crippen molar-refractivity contribution in [2.75, 3.05) is 6.61 Å². The predicted molar refractivity (Wildman–Crippen MR) is 67.8 cm³/mol. The molecule has 0 radical (unpaired) electrons. The second-order valence-electron chi connectivity index (χ2n) is 3.94. The van der Waals surface area contributed by atoms with E-state index in [2.05, 4.69) is 20.9 Å². The maximum absolute atomic E-state index is 11.0. The van der Waals surface area contributed by atoms with Crippen LogP contribution in [-0.2, 0) is 6.54 Å². The van der Waals surface area contributed by atoms with E-state index >= 15 is 0 Å². The zero-order valence-corrected chi connectivity index (χ0v) is 10.8. The minimum atomic E-state index is -1.02. The predicted octanol–water partition coefficient (Wildman–Crippen LogP) is 2.40. The van der Waals surface area contributed by atoms with Gasteiger partial charge in [0.2, 0.25) is 0 Å². The summed E-state index contributed by atoms with van der Waals surface area (Å²) in [4.78, 5) is 15.1. The number of fused-ring (bicyclic) bond motifs is 3. The third-order valence-corrected chi connectivity index (χ3v) is 3.26. The normalized spacial score (nSPS) is 13.2. The standard InChI is InChI=1S/C12H9BrN2O3/c13-7-1-2-10-8(5-7)11-14-9(12(16)17)6-15(11)3-4-18-10/h1-2,5-6H,3-4H2,(H,16,17). The number of carboxylic acid groups (broad SMARTS) is 1. The Labute approximate surface area is 111 Å². The van der Waals surface area contributed by atoms with Crippen molar-refractivity contribution in [2.45, 2.75) is 6.54 Å². The highest BCUT2D eigenvalue weighted by atomic mass is 79.9. The molecule has 5 nitrogen and oxygen atoms in total. The van der Waals surface area contributed by atoms with Crippen LogP contribution in [0.25, 0.3) is 11.4 Å². The number of benzene rings is 1. The molecule has 0 aliphatic carbocycles. The number of halogens is 1. The molecule has 6 heteroatoms. The molecule has 0 amide bonds. The largest absolute Gasteiger partial charge is 0.491 e. The molecule has 0 atom stereocenters. The summed E-state index contributed by atoms with van der Waals surface area (Å²) in [6.45, 7) is 1.08. The van der Waals surface area contributed by atoms with Gasteiger partial charge in [-0.25, -0.2) is 9.78 Å². The highest BCUT2D eigenvalue weighted by Gasteiger charge is 2.20. The van der Waals surface area contributed by atoms with Crippen molar-refractivity contribution in [3.05, 3.63) is 34.6 Å². The fourth-order valence-corrected chi connectivity index (χ4v) is 2.32. The Morgan fingerprint density at radius 3 is 3.11 bits per heavy atom. The molecule has 0 saturated carbocycles. The van der Waals surface area contributed by atoms with Gasteiger partial charge in [-0.05, 0) is 18.2 Å². The fourth-order valence-electron chi connectivity index (χ4n) is 1.96. The highest BCUT2D eigenvalue weighted by molar-refractivity contribution is 9.10. The fraction of sp³-hybridized carbons (Fsp3) is 0.167. The van der Waals surface area contributed by atoms with Gasteiger partial charge in [0.1, 0.15) is 18.2 Å². The van der Waals surface area contributed by atoms with Crippen LogP contribution in [0.2, 0.25) is 0 Å². The van der Waals surface area contributed by atoms with Crippen molar-refractivity contribution < 1.29 is 14.6 Å². The molecule has 2 aromatic rings. The molecule has 92 valence electrons. The van der Waals surface area contributed by atoms with Crippen LogP contribution in [0.1, 0.15) is 10.5 Å². The van der Waals surface area contributed by atoms with Gasteiger partial charge in [-0.3, -0.25) is 0 Å². The highest BCUT2D eigenvalue weighted by Crippen LogP contribution is 2.34. The Balaban J connectivity index is 2.22. The molecule has 0 unspecified atom stereocenters. The van der Waals surface area contributed by atoms with Crippen molar-refractivity contribution in [3.8, 4) is 17.1 Å². The van der Waals surface area contributed by atoms with Crippen molar-refractivity contribution in [1.29, 1.82) is 0 Å². The van der Waals surface area contributed by atoms with Crippen LogP contribution in [0.4, 0.5) is 0 Å². The van der Waals surface area contributed by atoms with Crippen molar-refractivity contribution in [2.24, 2.45) is 0 Å². The number of aromatic carboxylic acids is 1. The van der Waals surface area contributed by atoms with Crippen molar-refractivity contribution in [3.63, 3.8) is 0 Å². The van der Waals surface area contributed by atoms with Crippen LogP contribution in [0, 0.1) is 0 Å². The van der Waals surface area contributed by atoms with Gasteiger partial charge < -0.3 is 14.4 Å². The van der Waals surface area contributed by atoms with Gasteiger partial charge in [-0.1, -0.05) is 15.9 Å². The van der Waals surface area contributed by atoms with E-state index in [9.17, 15) is 4.79 Å². The van der Waals surface area contributed by atoms with Crippen LogP contribution < -0.4 is 4.74 Å². The topological polar surface area (TPSA) is 64.3 Å². The van der Waals surface area contributed by atoms with E-state index < -0.39 is 5.97 Å². The molecular formula is C12H9BrN2O3. The Morgan fingerprint density at radius 1 is 1.50 bits per heavy atom. The van der Waals surface area contributed by atoms with E-state index in [1.54, 1.807) is 0 Å². The summed E-state index contributed by atoms with van der Waals surface area (Å²) in [5.74, 6) is 0.328. The quantitative estimate of drug-likeness (QED) is 0.878. The number of imidazole rings is 1. The molecule has 1 aliphatic heterocycles. The lowest BCUT2D eigenvalue weighted by Crippen LogP contribution is -2.04. The SMILES string of the molecule is O=C(O)c1cn2c(n1)-c1cc(Br)ccc1OCC2. The molecule has 1 aromatic heterocycles. The third-order valence-electron chi connectivity index (χ3n) is 2.77. The van der Waals surface area contributed by atoms with Crippen LogP contribution in [0.15, 0.2) is 28.9 Å². The number of hydrogen-bond acceptors (Lipinski definition) is 3. The summed E-state index contributed by atoms with van der Waals surface area (Å²) in [5.41, 5.74) is 0.854. The monoisotopic (exact) mass is 308 g/mol. The van der Waals surface area contributed by atoms with E-state index in [1.807, 2.05) is 22.8 Å². The zero-order chi connectivity index (χ0) is 12.7. The summed E-state index contributed by atoms with van der Waals surface area (Å²) in [6.07, 6.45) is 1.54. The van der Waals surface area contributed by atoms with Crippen LogP contribution in [0.3, 0.4) is 0 Å². The lowest BCUT2D eigenvalue weighted by molar-refractivity contribution is 0.0691. The molecule has 1 aromatic carbocycles. The molecule has 1 aliphatic rings. The van der Waals surface area contributed by atoms with Gasteiger partial charge in [-0.2, -0.15) is 0 Å². The Bertz CT molecular complexity index is 636. The maximum atomic E-state index is 11.0. The first-order chi connectivity index (χ1) is 8.65. The average Bonchev–Trinajstić information content (AvgIpc) is 2.68. The summed E-state index contributed by atoms with van der Waals surface area (Å²) >= 11 is 3.39. The van der Waals surface area contributed by atoms with E-state index in [0.29, 0.717) is 19.0 Å². The molecule has 0 fully saturated rings. The van der Waals surface area contributed by atoms with Gasteiger partial charge in [0.05, 0.1) is 12.1 Å². The van der Waals surface area contributed by atoms with Gasteiger partial charge in [0.15, 0.2) is 5.69 Å².